The van der Waals surface area contributed by atoms with Crippen LogP contribution in [0.3, 0.4) is 0 Å². The third-order valence-electron chi connectivity index (χ3n) is 6.09. The molecule has 172 valence electrons. The molecule has 2 heterocycles. The summed E-state index contributed by atoms with van der Waals surface area (Å²) in [6.45, 7) is 2.68. The van der Waals surface area contributed by atoms with Gasteiger partial charge in [-0.1, -0.05) is 12.2 Å². The van der Waals surface area contributed by atoms with E-state index in [1.807, 2.05) is 54.8 Å². The molecule has 5 nitrogen and oxygen atoms in total. The number of aryl methyl sites for hydroxylation is 1. The SMILES string of the molecule is COc1ccc(CNC2=CC3C(=CC=c4ncc(-c5ccc(C)s5)cc4=C3O)C=C2)c(OC)c1. The number of aromatic nitrogens is 1. The van der Waals surface area contributed by atoms with Crippen LogP contribution in [0.15, 0.2) is 78.2 Å². The zero-order valence-electron chi connectivity index (χ0n) is 19.3. The Bertz CT molecular complexity index is 1460. The van der Waals surface area contributed by atoms with Crippen LogP contribution in [-0.2, 0) is 6.54 Å². The van der Waals surface area contributed by atoms with Gasteiger partial charge in [0.1, 0.15) is 17.3 Å². The Kier molecular flexibility index (Phi) is 5.99. The van der Waals surface area contributed by atoms with Crippen LogP contribution in [-0.4, -0.2) is 24.3 Å². The van der Waals surface area contributed by atoms with Crippen molar-refractivity contribution in [3.05, 3.63) is 99.2 Å². The van der Waals surface area contributed by atoms with E-state index in [2.05, 4.69) is 35.4 Å². The Labute approximate surface area is 202 Å². The van der Waals surface area contributed by atoms with Crippen LogP contribution >= 0.6 is 11.3 Å². The molecule has 0 radical (unpaired) electrons. The number of pyridine rings is 1. The van der Waals surface area contributed by atoms with Gasteiger partial charge < -0.3 is 19.9 Å². The topological polar surface area (TPSA) is 63.6 Å². The van der Waals surface area contributed by atoms with E-state index >= 15 is 0 Å². The quantitative estimate of drug-likeness (QED) is 0.560. The fourth-order valence-corrected chi connectivity index (χ4v) is 5.06. The molecule has 2 aromatic heterocycles. The number of fused-ring (bicyclic) bond motifs is 2. The van der Waals surface area contributed by atoms with Gasteiger partial charge in [0.25, 0.3) is 0 Å². The lowest BCUT2D eigenvalue weighted by Crippen LogP contribution is -2.31. The van der Waals surface area contributed by atoms with Crippen LogP contribution in [0.4, 0.5) is 0 Å². The Morgan fingerprint density at radius 2 is 1.94 bits per heavy atom. The standard InChI is InChI=1S/C28H26N2O3S/c1-17-4-11-27(34-17)20-12-24-25(30-16-20)10-7-18-5-8-21(13-23(18)28(24)31)29-15-19-6-9-22(32-2)14-26(19)33-3/h4-14,16,23,29,31H,15H2,1-3H3. The molecule has 0 aliphatic heterocycles. The van der Waals surface area contributed by atoms with Crippen molar-refractivity contribution in [1.82, 2.24) is 10.3 Å². The molecular formula is C28H26N2O3S. The van der Waals surface area contributed by atoms with Gasteiger partial charge in [-0.3, -0.25) is 4.98 Å². The van der Waals surface area contributed by atoms with Gasteiger partial charge in [0.2, 0.25) is 0 Å². The van der Waals surface area contributed by atoms with Gasteiger partial charge in [0.05, 0.1) is 25.5 Å². The van der Waals surface area contributed by atoms with E-state index in [1.54, 1.807) is 25.6 Å². The van der Waals surface area contributed by atoms with Crippen molar-refractivity contribution in [2.45, 2.75) is 13.5 Å². The first-order valence-corrected chi connectivity index (χ1v) is 11.9. The summed E-state index contributed by atoms with van der Waals surface area (Å²) in [5, 5.41) is 16.3. The van der Waals surface area contributed by atoms with Crippen molar-refractivity contribution < 1.29 is 14.6 Å². The molecule has 3 aromatic rings. The smallest absolute Gasteiger partial charge is 0.127 e. The van der Waals surface area contributed by atoms with E-state index < -0.39 is 0 Å². The average Bonchev–Trinajstić information content (AvgIpc) is 3.26. The second-order valence-electron chi connectivity index (χ2n) is 8.25. The molecule has 2 N–H and O–H groups in total. The predicted octanol–water partition coefficient (Wildman–Crippen LogP) is 4.38. The molecule has 0 bridgehead atoms. The number of thiophene rings is 1. The van der Waals surface area contributed by atoms with Crippen LogP contribution in [0, 0.1) is 12.8 Å². The third-order valence-corrected chi connectivity index (χ3v) is 7.14. The van der Waals surface area contributed by atoms with Crippen molar-refractivity contribution in [1.29, 1.82) is 0 Å². The number of aliphatic hydroxyl groups excluding tert-OH is 1. The normalized spacial score (nSPS) is 16.4. The van der Waals surface area contributed by atoms with Crippen LogP contribution in [0.25, 0.3) is 22.3 Å². The lowest BCUT2D eigenvalue weighted by molar-refractivity contribution is 0.390. The van der Waals surface area contributed by atoms with Crippen LogP contribution in [0.1, 0.15) is 10.4 Å². The van der Waals surface area contributed by atoms with Crippen LogP contribution < -0.4 is 25.4 Å². The minimum Gasteiger partial charge on any atom is -0.511 e. The highest BCUT2D eigenvalue weighted by Gasteiger charge is 2.21. The molecule has 0 fully saturated rings. The molecule has 34 heavy (non-hydrogen) atoms. The second kappa shape index (κ2) is 9.23. The number of rotatable bonds is 6. The van der Waals surface area contributed by atoms with Crippen molar-refractivity contribution >= 4 is 23.2 Å². The van der Waals surface area contributed by atoms with E-state index in [0.29, 0.717) is 12.3 Å². The Morgan fingerprint density at radius 3 is 2.71 bits per heavy atom. The lowest BCUT2D eigenvalue weighted by atomic mass is 9.91. The maximum absolute atomic E-state index is 11.3. The molecule has 6 heteroatoms. The second-order valence-corrected chi connectivity index (χ2v) is 9.54. The summed E-state index contributed by atoms with van der Waals surface area (Å²) < 4.78 is 10.8. The molecule has 2 aliphatic rings. The Balaban J connectivity index is 1.45. The number of nitrogens with zero attached hydrogens (tertiary/aromatic N) is 1. The summed E-state index contributed by atoms with van der Waals surface area (Å²) in [5.74, 6) is 1.58. The first-order valence-electron chi connectivity index (χ1n) is 11.1. The molecule has 0 amide bonds. The monoisotopic (exact) mass is 470 g/mol. The summed E-state index contributed by atoms with van der Waals surface area (Å²) in [6, 6.07) is 12.0. The number of allylic oxidation sites excluding steroid dienone is 3. The predicted molar refractivity (Wildman–Crippen MR) is 137 cm³/mol. The van der Waals surface area contributed by atoms with Gasteiger partial charge in [0.15, 0.2) is 0 Å². The maximum atomic E-state index is 11.3. The summed E-state index contributed by atoms with van der Waals surface area (Å²) in [5.41, 5.74) is 4.00. The van der Waals surface area contributed by atoms with Crippen molar-refractivity contribution in [2.75, 3.05) is 14.2 Å². The number of hydrogen-bond acceptors (Lipinski definition) is 6. The molecule has 5 rings (SSSR count). The zero-order chi connectivity index (χ0) is 23.7. The van der Waals surface area contributed by atoms with Gasteiger partial charge in [-0.15, -0.1) is 11.3 Å². The summed E-state index contributed by atoms with van der Waals surface area (Å²) >= 11 is 1.73. The van der Waals surface area contributed by atoms with Gasteiger partial charge in [-0.05, 0) is 61.1 Å². The Morgan fingerprint density at radius 1 is 1.06 bits per heavy atom. The molecule has 0 saturated heterocycles. The number of aliphatic hydroxyl groups is 1. The largest absolute Gasteiger partial charge is 0.511 e. The van der Waals surface area contributed by atoms with Gasteiger partial charge in [0, 0.05) is 50.6 Å². The summed E-state index contributed by atoms with van der Waals surface area (Å²) in [6.07, 6.45) is 12.0. The van der Waals surface area contributed by atoms with Crippen LogP contribution in [0.2, 0.25) is 0 Å². The van der Waals surface area contributed by atoms with Crippen LogP contribution in [0.5, 0.6) is 11.5 Å². The summed E-state index contributed by atoms with van der Waals surface area (Å²) in [4.78, 5) is 7.04. The highest BCUT2D eigenvalue weighted by molar-refractivity contribution is 7.15. The molecule has 0 spiro atoms. The van der Waals surface area contributed by atoms with Gasteiger partial charge in [-0.2, -0.15) is 0 Å². The fourth-order valence-electron chi connectivity index (χ4n) is 4.21. The van der Waals surface area contributed by atoms with Gasteiger partial charge in [-0.25, -0.2) is 0 Å². The number of nitrogens with one attached hydrogen (secondary N) is 1. The fraction of sp³-hybridized carbons (Fsp3) is 0.179. The van der Waals surface area contributed by atoms with E-state index in [4.69, 9.17) is 9.47 Å². The highest BCUT2D eigenvalue weighted by Crippen LogP contribution is 2.30. The number of ether oxygens (including phenoxy) is 2. The Hall–Kier alpha value is -3.77. The van der Waals surface area contributed by atoms with Crippen molar-refractivity contribution in [3.63, 3.8) is 0 Å². The first-order chi connectivity index (χ1) is 16.6. The molecule has 1 aromatic carbocycles. The maximum Gasteiger partial charge on any atom is 0.127 e. The first kappa shape index (κ1) is 22.0. The minimum atomic E-state index is -0.245. The van der Waals surface area contributed by atoms with Crippen molar-refractivity contribution in [3.8, 4) is 21.9 Å². The van der Waals surface area contributed by atoms with Gasteiger partial charge >= 0.3 is 0 Å². The molecule has 0 saturated carbocycles. The van der Waals surface area contributed by atoms with E-state index in [9.17, 15) is 5.11 Å². The third kappa shape index (κ3) is 4.24. The molecular weight excluding hydrogens is 444 g/mol. The number of hydrogen-bond donors (Lipinski definition) is 2. The van der Waals surface area contributed by atoms with E-state index in [0.717, 1.165) is 49.3 Å². The molecule has 1 unspecified atom stereocenters. The van der Waals surface area contributed by atoms with E-state index in [1.165, 1.54) is 4.88 Å². The average molecular weight is 471 g/mol. The zero-order valence-corrected chi connectivity index (χ0v) is 20.1. The molecule has 1 atom stereocenters. The highest BCUT2D eigenvalue weighted by atomic mass is 32.1. The lowest BCUT2D eigenvalue weighted by Gasteiger charge is -2.20. The summed E-state index contributed by atoms with van der Waals surface area (Å²) in [7, 11) is 3.29. The minimum absolute atomic E-state index is 0.245. The van der Waals surface area contributed by atoms with E-state index in [-0.39, 0.29) is 5.92 Å². The molecule has 2 aliphatic carbocycles. The van der Waals surface area contributed by atoms with Crippen molar-refractivity contribution in [2.24, 2.45) is 5.92 Å². The number of benzene rings is 1. The number of methoxy groups -OCH3 is 2.